The van der Waals surface area contributed by atoms with Gasteiger partial charge >= 0.3 is 0 Å². The molecule has 0 saturated heterocycles. The third-order valence-electron chi connectivity index (χ3n) is 3.85. The van der Waals surface area contributed by atoms with E-state index in [1.54, 1.807) is 0 Å². The van der Waals surface area contributed by atoms with Gasteiger partial charge in [0.15, 0.2) is 0 Å². The van der Waals surface area contributed by atoms with Gasteiger partial charge in [-0.3, -0.25) is 4.79 Å². The van der Waals surface area contributed by atoms with E-state index in [0.29, 0.717) is 0 Å². The minimum atomic E-state index is 0.250. The van der Waals surface area contributed by atoms with E-state index in [4.69, 9.17) is 4.79 Å². The molecule has 3 nitrogen and oxygen atoms in total. The van der Waals surface area contributed by atoms with E-state index in [1.807, 2.05) is 0 Å². The largest absolute Gasteiger partial charge is 0.372 e. The second-order valence-electron chi connectivity index (χ2n) is 6.62. The van der Waals surface area contributed by atoms with Crippen LogP contribution in [0.4, 0.5) is 0 Å². The first-order valence-corrected chi connectivity index (χ1v) is 8.46. The zero-order valence-electron chi connectivity index (χ0n) is 15.3. The first-order valence-electron chi connectivity index (χ1n) is 8.46. The van der Waals surface area contributed by atoms with Crippen molar-refractivity contribution in [3.05, 3.63) is 59.7 Å². The molecular formula is C21H30N2O. The third-order valence-corrected chi connectivity index (χ3v) is 3.85. The lowest BCUT2D eigenvalue weighted by atomic mass is 10.0. The molecule has 0 heterocycles. The van der Waals surface area contributed by atoms with Crippen molar-refractivity contribution < 1.29 is 4.79 Å². The Morgan fingerprint density at radius 2 is 1.71 bits per heavy atom. The Hall–Kier alpha value is -2.13. The number of nitrogens with zero attached hydrogens (tertiary/aromatic N) is 1. The standard InChI is InChI=1S/C20H27N.CH3NO/c1-16(2)12-13-21(4)15-18-8-10-19(11-9-18)20-7-5-6-17(3)14-20;2-1-3/h5-11,14,16H,12-13,15H2,1-4H3;1H,(H2,2,3). The van der Waals surface area contributed by atoms with Gasteiger partial charge in [-0.15, -0.1) is 0 Å². The van der Waals surface area contributed by atoms with Gasteiger partial charge in [-0.2, -0.15) is 0 Å². The topological polar surface area (TPSA) is 46.3 Å². The molecule has 1 amide bonds. The van der Waals surface area contributed by atoms with Crippen LogP contribution in [0.25, 0.3) is 11.1 Å². The van der Waals surface area contributed by atoms with E-state index in [1.165, 1.54) is 28.7 Å². The van der Waals surface area contributed by atoms with Crippen molar-refractivity contribution in [2.75, 3.05) is 13.6 Å². The van der Waals surface area contributed by atoms with Crippen molar-refractivity contribution in [1.29, 1.82) is 0 Å². The SMILES string of the molecule is Cc1cccc(-c2ccc(CN(C)CCC(C)C)cc2)c1.NC=O. The van der Waals surface area contributed by atoms with Crippen molar-refractivity contribution in [2.24, 2.45) is 11.7 Å². The van der Waals surface area contributed by atoms with Crippen LogP contribution in [0.15, 0.2) is 48.5 Å². The number of benzene rings is 2. The number of carbonyl (C=O) groups excluding carboxylic acids is 1. The number of primary amides is 1. The molecule has 0 atom stereocenters. The summed E-state index contributed by atoms with van der Waals surface area (Å²) in [6.45, 7) is 8.90. The molecular weight excluding hydrogens is 296 g/mol. The number of aryl methyl sites for hydroxylation is 1. The Kier molecular flexibility index (Phi) is 8.80. The van der Waals surface area contributed by atoms with Crippen LogP contribution in [-0.2, 0) is 11.3 Å². The maximum absolute atomic E-state index is 8.58. The van der Waals surface area contributed by atoms with Crippen LogP contribution < -0.4 is 5.73 Å². The van der Waals surface area contributed by atoms with Crippen molar-refractivity contribution in [2.45, 2.75) is 33.7 Å². The van der Waals surface area contributed by atoms with Gasteiger partial charge in [0, 0.05) is 6.54 Å². The summed E-state index contributed by atoms with van der Waals surface area (Å²) >= 11 is 0. The Morgan fingerprint density at radius 1 is 1.08 bits per heavy atom. The molecule has 0 radical (unpaired) electrons. The van der Waals surface area contributed by atoms with Crippen LogP contribution in [0.3, 0.4) is 0 Å². The first kappa shape index (κ1) is 19.9. The summed E-state index contributed by atoms with van der Waals surface area (Å²) in [7, 11) is 2.21. The van der Waals surface area contributed by atoms with E-state index in [0.717, 1.165) is 19.0 Å². The summed E-state index contributed by atoms with van der Waals surface area (Å²) in [5.41, 5.74) is 9.46. The molecule has 0 aliphatic heterocycles. The maximum Gasteiger partial charge on any atom is 0.204 e. The van der Waals surface area contributed by atoms with Gasteiger partial charge in [0.2, 0.25) is 6.41 Å². The Morgan fingerprint density at radius 3 is 2.25 bits per heavy atom. The highest BCUT2D eigenvalue weighted by atomic mass is 16.1. The summed E-state index contributed by atoms with van der Waals surface area (Å²) in [5, 5.41) is 0. The molecule has 0 aliphatic carbocycles. The molecule has 0 aromatic heterocycles. The molecule has 0 spiro atoms. The fourth-order valence-electron chi connectivity index (χ4n) is 2.50. The van der Waals surface area contributed by atoms with Gasteiger partial charge in [-0.1, -0.05) is 67.9 Å². The predicted octanol–water partition coefficient (Wildman–Crippen LogP) is 4.24. The molecule has 24 heavy (non-hydrogen) atoms. The average Bonchev–Trinajstić information content (AvgIpc) is 2.54. The second kappa shape index (κ2) is 10.6. The molecule has 0 unspecified atom stereocenters. The van der Waals surface area contributed by atoms with Crippen molar-refractivity contribution >= 4 is 6.41 Å². The second-order valence-corrected chi connectivity index (χ2v) is 6.62. The van der Waals surface area contributed by atoms with E-state index >= 15 is 0 Å². The summed E-state index contributed by atoms with van der Waals surface area (Å²) in [6.07, 6.45) is 1.51. The molecule has 2 aromatic carbocycles. The number of carbonyl (C=O) groups is 1. The van der Waals surface area contributed by atoms with E-state index in [9.17, 15) is 0 Å². The average molecular weight is 326 g/mol. The molecule has 0 aliphatic rings. The number of rotatable bonds is 6. The van der Waals surface area contributed by atoms with E-state index in [-0.39, 0.29) is 6.41 Å². The zero-order chi connectivity index (χ0) is 17.9. The van der Waals surface area contributed by atoms with Gasteiger partial charge in [-0.05, 0) is 49.5 Å². The summed E-state index contributed by atoms with van der Waals surface area (Å²) < 4.78 is 0. The normalized spacial score (nSPS) is 10.4. The minimum Gasteiger partial charge on any atom is -0.372 e. The molecule has 2 rings (SSSR count). The number of hydrogen-bond donors (Lipinski definition) is 1. The van der Waals surface area contributed by atoms with Crippen LogP contribution in [0, 0.1) is 12.8 Å². The first-order chi connectivity index (χ1) is 11.5. The van der Waals surface area contributed by atoms with Crippen molar-refractivity contribution in [1.82, 2.24) is 4.90 Å². The quantitative estimate of drug-likeness (QED) is 0.807. The minimum absolute atomic E-state index is 0.250. The van der Waals surface area contributed by atoms with E-state index < -0.39 is 0 Å². The summed E-state index contributed by atoms with van der Waals surface area (Å²) in [4.78, 5) is 11.0. The fourth-order valence-corrected chi connectivity index (χ4v) is 2.50. The molecule has 0 bridgehead atoms. The van der Waals surface area contributed by atoms with Crippen molar-refractivity contribution in [3.63, 3.8) is 0 Å². The smallest absolute Gasteiger partial charge is 0.204 e. The van der Waals surface area contributed by atoms with Gasteiger partial charge in [0.1, 0.15) is 0 Å². The highest BCUT2D eigenvalue weighted by molar-refractivity contribution is 5.64. The van der Waals surface area contributed by atoms with Crippen molar-refractivity contribution in [3.8, 4) is 11.1 Å². The predicted molar refractivity (Wildman–Crippen MR) is 103 cm³/mol. The van der Waals surface area contributed by atoms with Crippen LogP contribution in [0.5, 0.6) is 0 Å². The Balaban J connectivity index is 0.000000891. The van der Waals surface area contributed by atoms with Crippen LogP contribution in [0.1, 0.15) is 31.4 Å². The maximum atomic E-state index is 8.58. The fraction of sp³-hybridized carbons (Fsp3) is 0.381. The van der Waals surface area contributed by atoms with Gasteiger partial charge in [0.25, 0.3) is 0 Å². The highest BCUT2D eigenvalue weighted by Gasteiger charge is 2.03. The number of amides is 1. The molecule has 0 saturated carbocycles. The number of nitrogens with two attached hydrogens (primary N) is 1. The highest BCUT2D eigenvalue weighted by Crippen LogP contribution is 2.21. The molecule has 0 fully saturated rings. The van der Waals surface area contributed by atoms with Crippen LogP contribution in [0.2, 0.25) is 0 Å². The van der Waals surface area contributed by atoms with Gasteiger partial charge < -0.3 is 10.6 Å². The monoisotopic (exact) mass is 326 g/mol. The zero-order valence-corrected chi connectivity index (χ0v) is 15.3. The lowest BCUT2D eigenvalue weighted by Crippen LogP contribution is -2.20. The summed E-state index contributed by atoms with van der Waals surface area (Å²) in [6, 6.07) is 17.7. The Bertz CT molecular complexity index is 605. The van der Waals surface area contributed by atoms with Crippen LogP contribution in [-0.4, -0.2) is 24.9 Å². The molecule has 130 valence electrons. The molecule has 3 heteroatoms. The Labute approximate surface area is 146 Å². The lowest BCUT2D eigenvalue weighted by Gasteiger charge is -2.18. The lowest BCUT2D eigenvalue weighted by molar-refractivity contribution is -0.106. The van der Waals surface area contributed by atoms with Gasteiger partial charge in [-0.25, -0.2) is 0 Å². The number of hydrogen-bond acceptors (Lipinski definition) is 2. The third kappa shape index (κ3) is 7.42. The molecule has 2 aromatic rings. The van der Waals surface area contributed by atoms with E-state index in [2.05, 4.69) is 87.0 Å². The molecule has 2 N–H and O–H groups in total. The summed E-state index contributed by atoms with van der Waals surface area (Å²) in [5.74, 6) is 0.774. The van der Waals surface area contributed by atoms with Crippen LogP contribution >= 0.6 is 0 Å². The van der Waals surface area contributed by atoms with Gasteiger partial charge in [0.05, 0.1) is 0 Å².